The lowest BCUT2D eigenvalue weighted by atomic mass is 9.98. The van der Waals surface area contributed by atoms with Crippen LogP contribution in [0.3, 0.4) is 0 Å². The van der Waals surface area contributed by atoms with Crippen molar-refractivity contribution in [2.45, 2.75) is 31.8 Å². The van der Waals surface area contributed by atoms with E-state index in [4.69, 9.17) is 11.6 Å². The van der Waals surface area contributed by atoms with Crippen LogP contribution in [0.4, 0.5) is 5.69 Å². The number of anilines is 1. The number of pyridine rings is 1. The lowest BCUT2D eigenvalue weighted by molar-refractivity contribution is -0.130. The number of halogens is 1. The van der Waals surface area contributed by atoms with E-state index in [0.29, 0.717) is 42.2 Å². The Bertz CT molecular complexity index is 902. The molecule has 0 bridgehead atoms. The van der Waals surface area contributed by atoms with Crippen LogP contribution in [0.15, 0.2) is 36.7 Å². The zero-order valence-electron chi connectivity index (χ0n) is 14.8. The van der Waals surface area contributed by atoms with E-state index in [1.165, 1.54) is 0 Å². The molecule has 1 N–H and O–H groups in total. The minimum Gasteiger partial charge on any atom is -0.394 e. The van der Waals surface area contributed by atoms with Gasteiger partial charge in [-0.1, -0.05) is 11.6 Å². The van der Waals surface area contributed by atoms with E-state index in [0.717, 1.165) is 17.5 Å². The summed E-state index contributed by atoms with van der Waals surface area (Å²) in [6.45, 7) is 0.904. The van der Waals surface area contributed by atoms with Gasteiger partial charge in [-0.15, -0.1) is 0 Å². The molecule has 0 aliphatic carbocycles. The summed E-state index contributed by atoms with van der Waals surface area (Å²) in [6.07, 6.45) is 5.22. The van der Waals surface area contributed by atoms with E-state index in [9.17, 15) is 14.7 Å². The van der Waals surface area contributed by atoms with Crippen LogP contribution in [0.25, 0.3) is 0 Å². The molecule has 2 aliphatic rings. The van der Waals surface area contributed by atoms with Crippen LogP contribution in [0.5, 0.6) is 0 Å². The summed E-state index contributed by atoms with van der Waals surface area (Å²) in [5, 5.41) is 10.1. The first-order valence-electron chi connectivity index (χ1n) is 9.01. The Hall–Kier alpha value is -2.44. The fourth-order valence-corrected chi connectivity index (χ4v) is 4.00. The monoisotopic (exact) mass is 385 g/mol. The van der Waals surface area contributed by atoms with Gasteiger partial charge in [0.25, 0.3) is 5.91 Å². The third-order valence-electron chi connectivity index (χ3n) is 5.26. The van der Waals surface area contributed by atoms with Crippen molar-refractivity contribution in [3.05, 3.63) is 58.4 Å². The van der Waals surface area contributed by atoms with Crippen LogP contribution in [-0.2, 0) is 17.8 Å². The molecule has 2 aromatic rings. The van der Waals surface area contributed by atoms with E-state index >= 15 is 0 Å². The second kappa shape index (κ2) is 7.29. The van der Waals surface area contributed by atoms with Crippen LogP contribution < -0.4 is 4.90 Å². The summed E-state index contributed by atoms with van der Waals surface area (Å²) in [4.78, 5) is 32.6. The van der Waals surface area contributed by atoms with E-state index in [2.05, 4.69) is 4.98 Å². The number of aliphatic hydroxyl groups is 1. The molecular formula is C20H20ClN3O3. The molecule has 0 unspecified atom stereocenters. The SMILES string of the molecule is O=C1c2ccc(Cl)cc2CCN1c1cncc(CN2C(=O)CC[C@H]2CO)c1. The lowest BCUT2D eigenvalue weighted by Gasteiger charge is -2.29. The number of carbonyl (C=O) groups excluding carboxylic acids is 2. The molecule has 2 aliphatic heterocycles. The Labute approximate surface area is 162 Å². The molecule has 3 heterocycles. The molecule has 0 saturated carbocycles. The van der Waals surface area contributed by atoms with Gasteiger partial charge < -0.3 is 14.9 Å². The minimum absolute atomic E-state index is 0.0389. The van der Waals surface area contributed by atoms with Crippen LogP contribution in [0.1, 0.15) is 34.3 Å². The normalized spacial score (nSPS) is 19.6. The maximum atomic E-state index is 12.9. The highest BCUT2D eigenvalue weighted by atomic mass is 35.5. The fraction of sp³-hybridized carbons (Fsp3) is 0.350. The molecule has 7 heteroatoms. The van der Waals surface area contributed by atoms with Gasteiger partial charge in [0.05, 0.1) is 24.5 Å². The lowest BCUT2D eigenvalue weighted by Crippen LogP contribution is -2.38. The molecular weight excluding hydrogens is 366 g/mol. The predicted octanol–water partition coefficient (Wildman–Crippen LogP) is 2.42. The summed E-state index contributed by atoms with van der Waals surface area (Å²) in [5.74, 6) is -0.0309. The number of carbonyl (C=O) groups is 2. The number of likely N-dealkylation sites (tertiary alicyclic amines) is 1. The molecule has 140 valence electrons. The second-order valence-electron chi connectivity index (χ2n) is 6.96. The summed E-state index contributed by atoms with van der Waals surface area (Å²) in [6, 6.07) is 7.08. The van der Waals surface area contributed by atoms with E-state index in [1.807, 2.05) is 12.1 Å². The first-order valence-corrected chi connectivity index (χ1v) is 9.39. The molecule has 2 amide bonds. The third kappa shape index (κ3) is 3.42. The smallest absolute Gasteiger partial charge is 0.258 e. The number of hydrogen-bond acceptors (Lipinski definition) is 4. The largest absolute Gasteiger partial charge is 0.394 e. The van der Waals surface area contributed by atoms with E-state index in [-0.39, 0.29) is 24.5 Å². The van der Waals surface area contributed by atoms with Gasteiger partial charge in [-0.3, -0.25) is 14.6 Å². The van der Waals surface area contributed by atoms with Crippen molar-refractivity contribution in [2.75, 3.05) is 18.1 Å². The number of aromatic nitrogens is 1. The number of fused-ring (bicyclic) bond motifs is 1. The Morgan fingerprint density at radius 2 is 2.04 bits per heavy atom. The molecule has 1 aromatic carbocycles. The van der Waals surface area contributed by atoms with Crippen molar-refractivity contribution >= 4 is 29.1 Å². The number of nitrogens with zero attached hydrogens (tertiary/aromatic N) is 3. The van der Waals surface area contributed by atoms with Crippen LogP contribution >= 0.6 is 11.6 Å². The van der Waals surface area contributed by atoms with Crippen LogP contribution in [0, 0.1) is 0 Å². The summed E-state index contributed by atoms with van der Waals surface area (Å²) < 4.78 is 0. The number of hydrogen-bond donors (Lipinski definition) is 1. The van der Waals surface area contributed by atoms with Crippen molar-refractivity contribution in [3.63, 3.8) is 0 Å². The topological polar surface area (TPSA) is 73.7 Å². The number of aliphatic hydroxyl groups excluding tert-OH is 1. The van der Waals surface area contributed by atoms with Gasteiger partial charge in [-0.2, -0.15) is 0 Å². The molecule has 27 heavy (non-hydrogen) atoms. The second-order valence-corrected chi connectivity index (χ2v) is 7.39. The summed E-state index contributed by atoms with van der Waals surface area (Å²) >= 11 is 6.03. The molecule has 0 radical (unpaired) electrons. The number of amides is 2. The van der Waals surface area contributed by atoms with Crippen molar-refractivity contribution in [1.82, 2.24) is 9.88 Å². The van der Waals surface area contributed by atoms with Gasteiger partial charge in [0.2, 0.25) is 5.91 Å². The number of rotatable bonds is 4. The van der Waals surface area contributed by atoms with Crippen molar-refractivity contribution in [2.24, 2.45) is 0 Å². The van der Waals surface area contributed by atoms with Gasteiger partial charge >= 0.3 is 0 Å². The van der Waals surface area contributed by atoms with Gasteiger partial charge in [0.1, 0.15) is 0 Å². The van der Waals surface area contributed by atoms with Gasteiger partial charge in [-0.05, 0) is 48.2 Å². The number of benzene rings is 1. The minimum atomic E-state index is -0.144. The van der Waals surface area contributed by atoms with Gasteiger partial charge in [0, 0.05) is 36.3 Å². The standard InChI is InChI=1S/C20H20ClN3O3/c21-15-1-3-18-14(8-15)5-6-23(20(18)27)17-7-13(9-22-10-17)11-24-16(12-25)2-4-19(24)26/h1,3,7-10,16,25H,2,4-6,11-12H2/t16-/m0/s1. The summed E-state index contributed by atoms with van der Waals surface area (Å²) in [5.41, 5.74) is 3.17. The molecule has 1 fully saturated rings. The molecule has 1 atom stereocenters. The van der Waals surface area contributed by atoms with Crippen molar-refractivity contribution < 1.29 is 14.7 Å². The zero-order chi connectivity index (χ0) is 19.0. The fourth-order valence-electron chi connectivity index (χ4n) is 3.81. The Balaban J connectivity index is 1.57. The molecule has 4 rings (SSSR count). The van der Waals surface area contributed by atoms with Crippen molar-refractivity contribution in [3.8, 4) is 0 Å². The molecule has 0 spiro atoms. The quantitative estimate of drug-likeness (QED) is 0.877. The highest BCUT2D eigenvalue weighted by Crippen LogP contribution is 2.28. The van der Waals surface area contributed by atoms with E-state index in [1.54, 1.807) is 34.3 Å². The zero-order valence-corrected chi connectivity index (χ0v) is 15.5. The van der Waals surface area contributed by atoms with E-state index < -0.39 is 0 Å². The average molecular weight is 386 g/mol. The first kappa shape index (κ1) is 17.9. The Kier molecular flexibility index (Phi) is 4.85. The Morgan fingerprint density at radius 3 is 2.85 bits per heavy atom. The molecule has 1 saturated heterocycles. The third-order valence-corrected chi connectivity index (χ3v) is 5.49. The average Bonchev–Trinajstić information content (AvgIpc) is 3.02. The highest BCUT2D eigenvalue weighted by molar-refractivity contribution is 6.30. The maximum Gasteiger partial charge on any atom is 0.258 e. The molecule has 6 nitrogen and oxygen atoms in total. The first-order chi connectivity index (χ1) is 13.1. The highest BCUT2D eigenvalue weighted by Gasteiger charge is 2.31. The predicted molar refractivity (Wildman–Crippen MR) is 102 cm³/mol. The Morgan fingerprint density at radius 1 is 1.19 bits per heavy atom. The summed E-state index contributed by atoms with van der Waals surface area (Å²) in [7, 11) is 0. The van der Waals surface area contributed by atoms with Crippen molar-refractivity contribution in [1.29, 1.82) is 0 Å². The molecule has 1 aromatic heterocycles. The maximum absolute atomic E-state index is 12.9. The van der Waals surface area contributed by atoms with Crippen LogP contribution in [0.2, 0.25) is 5.02 Å². The van der Waals surface area contributed by atoms with Gasteiger partial charge in [-0.25, -0.2) is 0 Å². The van der Waals surface area contributed by atoms with Crippen LogP contribution in [-0.4, -0.2) is 46.0 Å². The van der Waals surface area contributed by atoms with Gasteiger partial charge in [0.15, 0.2) is 0 Å².